The second-order valence-electron chi connectivity index (χ2n) is 7.27. The fourth-order valence-electron chi connectivity index (χ4n) is 2.76. The summed E-state index contributed by atoms with van der Waals surface area (Å²) in [5.41, 5.74) is 11.1. The van der Waals surface area contributed by atoms with Crippen LogP contribution in [0.25, 0.3) is 0 Å². The van der Waals surface area contributed by atoms with Crippen LogP contribution in [-0.2, 0) is 35.2 Å². The molecular weight excluding hydrogens is 454 g/mol. The molecule has 14 nitrogen and oxygen atoms in total. The number of hydrogen-bond donors (Lipinski definition) is 8. The molecule has 1 rings (SSSR count). The van der Waals surface area contributed by atoms with Gasteiger partial charge in [-0.1, -0.05) is 30.3 Å². The predicted molar refractivity (Wildman–Crippen MR) is 115 cm³/mol. The van der Waals surface area contributed by atoms with E-state index in [1.807, 2.05) is 5.32 Å². The van der Waals surface area contributed by atoms with Crippen LogP contribution < -0.4 is 27.4 Å². The first-order chi connectivity index (χ1) is 15.9. The summed E-state index contributed by atoms with van der Waals surface area (Å²) in [6, 6.07) is 2.19. The number of nitrogens with two attached hydrogens (primary N) is 2. The number of carbonyl (C=O) groups excluding carboxylic acids is 4. The van der Waals surface area contributed by atoms with E-state index in [0.29, 0.717) is 5.56 Å². The predicted octanol–water partition coefficient (Wildman–Crippen LogP) is -3.56. The first-order valence-corrected chi connectivity index (χ1v) is 9.99. The van der Waals surface area contributed by atoms with Crippen molar-refractivity contribution in [3.05, 3.63) is 35.9 Å². The SMILES string of the molecule is NC(=O)CC(NC(=O)C(CO)NC(=O)C(N)CC(=O)O)C(=O)NC(Cc1ccccc1)C(=O)O. The van der Waals surface area contributed by atoms with Gasteiger partial charge in [0.25, 0.3) is 0 Å². The van der Waals surface area contributed by atoms with E-state index in [2.05, 4.69) is 10.6 Å². The van der Waals surface area contributed by atoms with Gasteiger partial charge in [0.2, 0.25) is 23.6 Å². The molecular formula is C20H27N5O9. The van der Waals surface area contributed by atoms with Gasteiger partial charge in [-0.05, 0) is 5.56 Å². The molecule has 1 aromatic carbocycles. The molecule has 0 radical (unpaired) electrons. The molecule has 0 aliphatic heterocycles. The van der Waals surface area contributed by atoms with Crippen LogP contribution in [0.2, 0.25) is 0 Å². The van der Waals surface area contributed by atoms with Crippen molar-refractivity contribution in [1.29, 1.82) is 0 Å². The van der Waals surface area contributed by atoms with Crippen LogP contribution in [0.3, 0.4) is 0 Å². The summed E-state index contributed by atoms with van der Waals surface area (Å²) in [6.07, 6.45) is -1.54. The molecule has 0 spiro atoms. The quantitative estimate of drug-likeness (QED) is 0.130. The Hall–Kier alpha value is -4.04. The van der Waals surface area contributed by atoms with Gasteiger partial charge in [-0.25, -0.2) is 4.79 Å². The van der Waals surface area contributed by atoms with Crippen molar-refractivity contribution in [2.75, 3.05) is 6.61 Å². The van der Waals surface area contributed by atoms with Crippen LogP contribution in [0.15, 0.2) is 30.3 Å². The van der Waals surface area contributed by atoms with Crippen molar-refractivity contribution in [2.45, 2.75) is 43.4 Å². The Balaban J connectivity index is 2.91. The van der Waals surface area contributed by atoms with Crippen LogP contribution in [0.5, 0.6) is 0 Å². The summed E-state index contributed by atoms with van der Waals surface area (Å²) in [4.78, 5) is 70.7. The van der Waals surface area contributed by atoms with Gasteiger partial charge < -0.3 is 42.7 Å². The Bertz CT molecular complexity index is 909. The molecule has 0 heterocycles. The third-order valence-corrected chi connectivity index (χ3v) is 4.48. The number of aliphatic carboxylic acids is 2. The lowest BCUT2D eigenvalue weighted by Gasteiger charge is -2.23. The smallest absolute Gasteiger partial charge is 0.326 e. The van der Waals surface area contributed by atoms with E-state index in [-0.39, 0.29) is 6.42 Å². The van der Waals surface area contributed by atoms with Crippen LogP contribution >= 0.6 is 0 Å². The highest BCUT2D eigenvalue weighted by atomic mass is 16.4. The van der Waals surface area contributed by atoms with Gasteiger partial charge in [0.1, 0.15) is 18.1 Å². The van der Waals surface area contributed by atoms with Crippen LogP contribution in [-0.4, -0.2) is 81.7 Å². The normalized spacial score (nSPS) is 14.1. The molecule has 0 bridgehead atoms. The van der Waals surface area contributed by atoms with E-state index < -0.39 is 79.2 Å². The van der Waals surface area contributed by atoms with Crippen molar-refractivity contribution in [3.8, 4) is 0 Å². The second-order valence-corrected chi connectivity index (χ2v) is 7.27. The molecule has 4 atom stereocenters. The number of hydrogen-bond acceptors (Lipinski definition) is 8. The number of nitrogens with one attached hydrogen (secondary N) is 3. The van der Waals surface area contributed by atoms with Crippen LogP contribution in [0, 0.1) is 0 Å². The molecule has 0 aromatic heterocycles. The molecule has 0 saturated carbocycles. The van der Waals surface area contributed by atoms with Gasteiger partial charge in [-0.2, -0.15) is 0 Å². The number of amides is 4. The maximum atomic E-state index is 12.6. The van der Waals surface area contributed by atoms with Gasteiger partial charge in [-0.3, -0.25) is 24.0 Å². The number of aliphatic hydroxyl groups is 1. The third-order valence-electron chi connectivity index (χ3n) is 4.48. The van der Waals surface area contributed by atoms with Gasteiger partial charge in [0.15, 0.2) is 0 Å². The molecule has 4 unspecified atom stereocenters. The zero-order chi connectivity index (χ0) is 25.8. The number of carbonyl (C=O) groups is 6. The summed E-state index contributed by atoms with van der Waals surface area (Å²) in [7, 11) is 0. The first-order valence-electron chi connectivity index (χ1n) is 9.99. The van der Waals surface area contributed by atoms with Crippen molar-refractivity contribution < 1.29 is 44.1 Å². The fourth-order valence-corrected chi connectivity index (χ4v) is 2.76. The van der Waals surface area contributed by atoms with E-state index in [1.54, 1.807) is 30.3 Å². The zero-order valence-electron chi connectivity index (χ0n) is 18.0. The molecule has 0 fully saturated rings. The van der Waals surface area contributed by atoms with Crippen LogP contribution in [0.1, 0.15) is 18.4 Å². The minimum Gasteiger partial charge on any atom is -0.481 e. The summed E-state index contributed by atoms with van der Waals surface area (Å²) in [6.45, 7) is -0.950. The Kier molecular flexibility index (Phi) is 11.1. The van der Waals surface area contributed by atoms with E-state index in [0.717, 1.165) is 0 Å². The third kappa shape index (κ3) is 9.62. The van der Waals surface area contributed by atoms with Crippen molar-refractivity contribution in [1.82, 2.24) is 16.0 Å². The number of primary amides is 1. The molecule has 4 amide bonds. The number of rotatable bonds is 14. The zero-order valence-corrected chi connectivity index (χ0v) is 18.0. The highest BCUT2D eigenvalue weighted by Crippen LogP contribution is 2.05. The molecule has 186 valence electrons. The number of carboxylic acids is 2. The molecule has 1 aromatic rings. The van der Waals surface area contributed by atoms with Crippen molar-refractivity contribution >= 4 is 35.6 Å². The lowest BCUT2D eigenvalue weighted by molar-refractivity contribution is -0.142. The lowest BCUT2D eigenvalue weighted by atomic mass is 10.0. The van der Waals surface area contributed by atoms with Gasteiger partial charge in [0, 0.05) is 6.42 Å². The molecule has 34 heavy (non-hydrogen) atoms. The summed E-state index contributed by atoms with van der Waals surface area (Å²) in [5.74, 6) is -6.94. The van der Waals surface area contributed by atoms with Gasteiger partial charge >= 0.3 is 11.9 Å². The Morgan fingerprint density at radius 3 is 1.82 bits per heavy atom. The number of benzene rings is 1. The minimum absolute atomic E-state index is 0.0874. The average Bonchev–Trinajstić information content (AvgIpc) is 2.75. The highest BCUT2D eigenvalue weighted by molar-refractivity contribution is 5.96. The summed E-state index contributed by atoms with van der Waals surface area (Å²) >= 11 is 0. The number of carboxylic acid groups (broad SMARTS) is 2. The standard InChI is InChI=1S/C20H27N5O9/c21-11(7-16(28)29)17(30)25-14(9-26)19(32)23-12(8-15(22)27)18(31)24-13(20(33)34)6-10-4-2-1-3-5-10/h1-5,11-14,26H,6-9,21H2,(H2,22,27)(H,23,32)(H,24,31)(H,25,30)(H,28,29)(H,33,34). The lowest BCUT2D eigenvalue weighted by Crippen LogP contribution is -2.58. The first kappa shape index (κ1) is 28.0. The molecule has 14 heteroatoms. The minimum atomic E-state index is -1.64. The van der Waals surface area contributed by atoms with E-state index in [9.17, 15) is 39.0 Å². The maximum Gasteiger partial charge on any atom is 0.326 e. The van der Waals surface area contributed by atoms with E-state index >= 15 is 0 Å². The Morgan fingerprint density at radius 1 is 0.794 bits per heavy atom. The Morgan fingerprint density at radius 2 is 1.32 bits per heavy atom. The monoisotopic (exact) mass is 481 g/mol. The molecule has 0 aliphatic carbocycles. The topological polar surface area (TPSA) is 251 Å². The molecule has 10 N–H and O–H groups in total. The summed E-state index contributed by atoms with van der Waals surface area (Å²) < 4.78 is 0. The highest BCUT2D eigenvalue weighted by Gasteiger charge is 2.31. The van der Waals surface area contributed by atoms with Crippen molar-refractivity contribution in [3.63, 3.8) is 0 Å². The maximum absolute atomic E-state index is 12.6. The largest absolute Gasteiger partial charge is 0.481 e. The van der Waals surface area contributed by atoms with Crippen molar-refractivity contribution in [2.24, 2.45) is 11.5 Å². The molecule has 0 saturated heterocycles. The van der Waals surface area contributed by atoms with E-state index in [4.69, 9.17) is 16.6 Å². The van der Waals surface area contributed by atoms with Gasteiger partial charge in [-0.15, -0.1) is 0 Å². The Labute approximate surface area is 193 Å². The fraction of sp³-hybridized carbons (Fsp3) is 0.400. The number of aliphatic hydroxyl groups excluding tert-OH is 1. The van der Waals surface area contributed by atoms with E-state index in [1.165, 1.54) is 0 Å². The summed E-state index contributed by atoms with van der Waals surface area (Å²) in [5, 5.41) is 33.9. The molecule has 0 aliphatic rings. The average molecular weight is 481 g/mol. The van der Waals surface area contributed by atoms with Gasteiger partial charge in [0.05, 0.1) is 25.5 Å². The second kappa shape index (κ2) is 13.5. The van der Waals surface area contributed by atoms with Crippen LogP contribution in [0.4, 0.5) is 0 Å².